The van der Waals surface area contributed by atoms with Gasteiger partial charge in [-0.05, 0) is 17.7 Å². The lowest BCUT2D eigenvalue weighted by Crippen LogP contribution is -2.23. The zero-order chi connectivity index (χ0) is 14.5. The van der Waals surface area contributed by atoms with E-state index >= 15 is 0 Å². The fourth-order valence-electron chi connectivity index (χ4n) is 1.29. The highest BCUT2D eigenvalue weighted by Crippen LogP contribution is 2.21. The monoisotopic (exact) mass is 285 g/mol. The third-order valence-corrected chi connectivity index (χ3v) is 2.09. The minimum atomic E-state index is -4.37. The number of alkyl halides is 3. The van der Waals surface area contributed by atoms with Gasteiger partial charge < -0.3 is 15.2 Å². The van der Waals surface area contributed by atoms with Crippen LogP contribution in [0.25, 0.3) is 0 Å². The zero-order valence-electron chi connectivity index (χ0n) is 9.73. The molecule has 0 spiro atoms. The maximum absolute atomic E-state index is 12.9. The fourth-order valence-corrected chi connectivity index (χ4v) is 1.29. The molecule has 0 fully saturated rings. The summed E-state index contributed by atoms with van der Waals surface area (Å²) in [5, 5.41) is 11.5. The van der Waals surface area contributed by atoms with E-state index in [-0.39, 0.29) is 25.3 Å². The number of halogens is 5. The molecule has 0 heterocycles. The van der Waals surface area contributed by atoms with E-state index in [4.69, 9.17) is 5.11 Å². The van der Waals surface area contributed by atoms with Crippen LogP contribution in [0.3, 0.4) is 0 Å². The first-order chi connectivity index (χ1) is 8.79. The van der Waals surface area contributed by atoms with Crippen molar-refractivity contribution in [3.63, 3.8) is 0 Å². The summed E-state index contributed by atoms with van der Waals surface area (Å²) in [6, 6.07) is 1.87. The molecule has 0 aliphatic heterocycles. The molecule has 0 saturated heterocycles. The number of ether oxygens (including phenoxy) is 1. The molecule has 2 N–H and O–H groups in total. The summed E-state index contributed by atoms with van der Waals surface area (Å²) in [5.74, 6) is -3.24. The lowest BCUT2D eigenvalue weighted by Gasteiger charge is -2.09. The van der Waals surface area contributed by atoms with Crippen molar-refractivity contribution < 1.29 is 31.8 Å². The van der Waals surface area contributed by atoms with Crippen molar-refractivity contribution in [2.75, 3.05) is 19.8 Å². The Labute approximate surface area is 106 Å². The van der Waals surface area contributed by atoms with Crippen LogP contribution in [0, 0.1) is 11.6 Å². The van der Waals surface area contributed by atoms with Crippen LogP contribution in [0.5, 0.6) is 5.75 Å². The fraction of sp³-hybridized carbons (Fsp3) is 0.455. The van der Waals surface area contributed by atoms with Crippen molar-refractivity contribution in [1.29, 1.82) is 0 Å². The molecule has 0 atom stereocenters. The van der Waals surface area contributed by atoms with Gasteiger partial charge in [-0.2, -0.15) is 13.2 Å². The van der Waals surface area contributed by atoms with Gasteiger partial charge in [-0.25, -0.2) is 8.78 Å². The second-order valence-electron chi connectivity index (χ2n) is 3.75. The predicted molar refractivity (Wildman–Crippen MR) is 56.6 cm³/mol. The number of phenols is 1. The van der Waals surface area contributed by atoms with E-state index in [0.717, 1.165) is 12.1 Å². The van der Waals surface area contributed by atoms with Gasteiger partial charge in [-0.1, -0.05) is 0 Å². The van der Waals surface area contributed by atoms with Gasteiger partial charge in [-0.3, -0.25) is 0 Å². The molecule has 1 rings (SSSR count). The molecule has 0 unspecified atom stereocenters. The topological polar surface area (TPSA) is 41.5 Å². The molecular formula is C11H12F5NO2. The summed E-state index contributed by atoms with van der Waals surface area (Å²) in [6.45, 7) is -1.37. The summed E-state index contributed by atoms with van der Waals surface area (Å²) in [4.78, 5) is 0. The summed E-state index contributed by atoms with van der Waals surface area (Å²) in [7, 11) is 0. The van der Waals surface area contributed by atoms with Crippen molar-refractivity contribution in [2.24, 2.45) is 0 Å². The molecule has 0 aliphatic carbocycles. The van der Waals surface area contributed by atoms with Gasteiger partial charge in [0, 0.05) is 13.1 Å². The maximum atomic E-state index is 12.9. The molecule has 1 aromatic carbocycles. The van der Waals surface area contributed by atoms with Crippen LogP contribution >= 0.6 is 0 Å². The Morgan fingerprint density at radius 2 is 1.74 bits per heavy atom. The van der Waals surface area contributed by atoms with Gasteiger partial charge in [0.25, 0.3) is 0 Å². The largest absolute Gasteiger partial charge is 0.503 e. The van der Waals surface area contributed by atoms with E-state index < -0.39 is 30.2 Å². The van der Waals surface area contributed by atoms with Gasteiger partial charge in [0.15, 0.2) is 17.4 Å². The molecule has 8 heteroatoms. The van der Waals surface area contributed by atoms with Crippen LogP contribution in [0.1, 0.15) is 5.56 Å². The van der Waals surface area contributed by atoms with E-state index in [2.05, 4.69) is 10.1 Å². The van der Waals surface area contributed by atoms with Crippen LogP contribution in [0.4, 0.5) is 22.0 Å². The van der Waals surface area contributed by atoms with E-state index in [1.54, 1.807) is 0 Å². The Morgan fingerprint density at radius 1 is 1.16 bits per heavy atom. The number of phenolic OH excluding ortho intramolecular Hbond substituents is 1. The second-order valence-corrected chi connectivity index (χ2v) is 3.75. The number of benzene rings is 1. The van der Waals surface area contributed by atoms with Crippen LogP contribution in [-0.4, -0.2) is 31.0 Å². The molecule has 0 aromatic heterocycles. The van der Waals surface area contributed by atoms with E-state index in [1.807, 2.05) is 0 Å². The molecule has 0 bridgehead atoms. The van der Waals surface area contributed by atoms with Gasteiger partial charge in [0.1, 0.15) is 6.61 Å². The molecule has 0 amide bonds. The molecule has 19 heavy (non-hydrogen) atoms. The molecule has 1 aromatic rings. The van der Waals surface area contributed by atoms with Crippen LogP contribution < -0.4 is 5.32 Å². The van der Waals surface area contributed by atoms with Gasteiger partial charge >= 0.3 is 6.18 Å². The van der Waals surface area contributed by atoms with Crippen molar-refractivity contribution in [2.45, 2.75) is 12.7 Å². The number of hydrogen-bond donors (Lipinski definition) is 2. The quantitative estimate of drug-likeness (QED) is 0.622. The van der Waals surface area contributed by atoms with Gasteiger partial charge in [-0.15, -0.1) is 0 Å². The van der Waals surface area contributed by atoms with E-state index in [0.29, 0.717) is 0 Å². The average Bonchev–Trinajstić information content (AvgIpc) is 2.29. The number of nitrogens with one attached hydrogen (secondary N) is 1. The summed E-state index contributed by atoms with van der Waals surface area (Å²) in [5.41, 5.74) is 0.226. The number of hydrogen-bond acceptors (Lipinski definition) is 3. The Hall–Kier alpha value is -1.41. The minimum Gasteiger partial charge on any atom is -0.503 e. The zero-order valence-corrected chi connectivity index (χ0v) is 9.73. The van der Waals surface area contributed by atoms with Crippen molar-refractivity contribution in [3.8, 4) is 5.75 Å². The average molecular weight is 285 g/mol. The third kappa shape index (κ3) is 5.84. The first-order valence-electron chi connectivity index (χ1n) is 5.31. The maximum Gasteiger partial charge on any atom is 0.411 e. The molecule has 0 saturated carbocycles. The molecular weight excluding hydrogens is 273 g/mol. The van der Waals surface area contributed by atoms with Crippen LogP contribution in [0.2, 0.25) is 0 Å². The third-order valence-electron chi connectivity index (χ3n) is 2.09. The lowest BCUT2D eigenvalue weighted by molar-refractivity contribution is -0.173. The molecule has 0 aliphatic rings. The van der Waals surface area contributed by atoms with Gasteiger partial charge in [0.05, 0.1) is 6.61 Å². The highest BCUT2D eigenvalue weighted by Gasteiger charge is 2.27. The van der Waals surface area contributed by atoms with Crippen LogP contribution in [-0.2, 0) is 11.3 Å². The molecule has 108 valence electrons. The standard InChI is InChI=1S/C11H12F5NO2/c12-8-3-7(4-9(13)10(8)18)5-17-1-2-19-6-11(14,15)16/h3-4,17-18H,1-2,5-6H2. The SMILES string of the molecule is Oc1c(F)cc(CNCCOCC(F)(F)F)cc1F. The normalized spacial score (nSPS) is 11.8. The Kier molecular flexibility index (Phi) is 5.49. The summed E-state index contributed by atoms with van der Waals surface area (Å²) >= 11 is 0. The van der Waals surface area contributed by atoms with Crippen molar-refractivity contribution in [1.82, 2.24) is 5.32 Å². The summed E-state index contributed by atoms with van der Waals surface area (Å²) < 4.78 is 65.3. The highest BCUT2D eigenvalue weighted by atomic mass is 19.4. The minimum absolute atomic E-state index is 0.0451. The first kappa shape index (κ1) is 15.6. The highest BCUT2D eigenvalue weighted by molar-refractivity contribution is 5.29. The van der Waals surface area contributed by atoms with E-state index in [9.17, 15) is 22.0 Å². The van der Waals surface area contributed by atoms with Crippen LogP contribution in [0.15, 0.2) is 12.1 Å². The van der Waals surface area contributed by atoms with Gasteiger partial charge in [0.2, 0.25) is 0 Å². The Balaban J connectivity index is 2.27. The number of rotatable bonds is 6. The second kappa shape index (κ2) is 6.67. The predicted octanol–water partition coefficient (Wildman–Crippen LogP) is 2.34. The number of aromatic hydroxyl groups is 1. The van der Waals surface area contributed by atoms with Crippen molar-refractivity contribution in [3.05, 3.63) is 29.3 Å². The van der Waals surface area contributed by atoms with Crippen molar-refractivity contribution >= 4 is 0 Å². The lowest BCUT2D eigenvalue weighted by atomic mass is 10.2. The molecule has 3 nitrogen and oxygen atoms in total. The summed E-state index contributed by atoms with van der Waals surface area (Å²) in [6.07, 6.45) is -4.37. The molecule has 0 radical (unpaired) electrons. The van der Waals surface area contributed by atoms with E-state index in [1.165, 1.54) is 0 Å². The first-order valence-corrected chi connectivity index (χ1v) is 5.31. The Bertz CT molecular complexity index is 399. The smallest absolute Gasteiger partial charge is 0.411 e. The Morgan fingerprint density at radius 3 is 2.26 bits per heavy atom.